The average Bonchev–Trinajstić information content (AvgIpc) is 2.66. The molecule has 0 aliphatic rings. The smallest absolute Gasteiger partial charge is 0.125 e. The Bertz CT molecular complexity index is 564. The van der Waals surface area contributed by atoms with Gasteiger partial charge in [0, 0.05) is 26.3 Å². The maximum Gasteiger partial charge on any atom is 0.125 e. The van der Waals surface area contributed by atoms with E-state index < -0.39 is 0 Å². The van der Waals surface area contributed by atoms with Crippen LogP contribution in [-0.2, 0) is 26.6 Å². The predicted octanol–water partition coefficient (Wildman–Crippen LogP) is 2.13. The van der Waals surface area contributed by atoms with Crippen molar-refractivity contribution in [2.24, 2.45) is 7.05 Å². The number of aromatic nitrogens is 4. The number of hydrogen-bond acceptors (Lipinski definition) is 4. The first-order valence-electron chi connectivity index (χ1n) is 6.31. The van der Waals surface area contributed by atoms with Gasteiger partial charge in [0.05, 0.1) is 21.6 Å². The summed E-state index contributed by atoms with van der Waals surface area (Å²) in [7, 11) is 1.97. The summed E-state index contributed by atoms with van der Waals surface area (Å²) in [5, 5.41) is 7.86. The molecule has 2 aromatic heterocycles. The van der Waals surface area contributed by atoms with Crippen molar-refractivity contribution in [3.8, 4) is 0 Å². The molecule has 0 amide bonds. The Labute approximate surface area is 121 Å². The van der Waals surface area contributed by atoms with Crippen LogP contribution in [0.5, 0.6) is 0 Å². The lowest BCUT2D eigenvalue weighted by Crippen LogP contribution is -2.16. The van der Waals surface area contributed by atoms with Crippen molar-refractivity contribution in [2.75, 3.05) is 0 Å². The first-order valence-corrected chi connectivity index (χ1v) is 7.10. The highest BCUT2D eigenvalue weighted by Gasteiger charge is 2.11. The van der Waals surface area contributed by atoms with Gasteiger partial charge < -0.3 is 5.32 Å². The standard InChI is InChI=1S/C13H18BrN5/c1-4-11-13(14)12(19(3)18-11)8-15-7-10-5-6-16-9(2)17-10/h5-6,15H,4,7-8H2,1-3H3. The number of nitrogens with one attached hydrogen (secondary N) is 1. The fraction of sp³-hybridized carbons (Fsp3) is 0.462. The maximum absolute atomic E-state index is 4.47. The van der Waals surface area contributed by atoms with Crippen LogP contribution in [0.15, 0.2) is 16.7 Å². The summed E-state index contributed by atoms with van der Waals surface area (Å²) in [6.07, 6.45) is 2.72. The third-order valence-electron chi connectivity index (χ3n) is 2.94. The quantitative estimate of drug-likeness (QED) is 0.915. The van der Waals surface area contributed by atoms with Crippen LogP contribution in [-0.4, -0.2) is 19.7 Å². The van der Waals surface area contributed by atoms with Crippen LogP contribution in [0.4, 0.5) is 0 Å². The lowest BCUT2D eigenvalue weighted by molar-refractivity contribution is 0.614. The summed E-state index contributed by atoms with van der Waals surface area (Å²) < 4.78 is 3.02. The van der Waals surface area contributed by atoms with Gasteiger partial charge in [0.2, 0.25) is 0 Å². The zero-order valence-electron chi connectivity index (χ0n) is 11.4. The molecule has 2 heterocycles. The summed E-state index contributed by atoms with van der Waals surface area (Å²) in [6, 6.07) is 1.93. The Morgan fingerprint density at radius 3 is 2.79 bits per heavy atom. The highest BCUT2D eigenvalue weighted by Crippen LogP contribution is 2.21. The van der Waals surface area contributed by atoms with E-state index in [4.69, 9.17) is 0 Å². The van der Waals surface area contributed by atoms with Gasteiger partial charge in [0.25, 0.3) is 0 Å². The van der Waals surface area contributed by atoms with E-state index in [1.807, 2.05) is 24.7 Å². The first kappa shape index (κ1) is 14.1. The van der Waals surface area contributed by atoms with Crippen LogP contribution in [0, 0.1) is 6.92 Å². The van der Waals surface area contributed by atoms with E-state index in [1.54, 1.807) is 6.20 Å². The molecule has 0 unspecified atom stereocenters. The lowest BCUT2D eigenvalue weighted by Gasteiger charge is -2.06. The highest BCUT2D eigenvalue weighted by molar-refractivity contribution is 9.10. The third kappa shape index (κ3) is 3.39. The predicted molar refractivity (Wildman–Crippen MR) is 77.6 cm³/mol. The van der Waals surface area contributed by atoms with Gasteiger partial charge in [-0.05, 0) is 35.3 Å². The second-order valence-corrected chi connectivity index (χ2v) is 5.18. The van der Waals surface area contributed by atoms with Crippen molar-refractivity contribution in [1.29, 1.82) is 0 Å². The zero-order chi connectivity index (χ0) is 13.8. The van der Waals surface area contributed by atoms with Crippen LogP contribution >= 0.6 is 15.9 Å². The van der Waals surface area contributed by atoms with Crippen LogP contribution < -0.4 is 5.32 Å². The Hall–Kier alpha value is -1.27. The molecule has 0 aliphatic heterocycles. The van der Waals surface area contributed by atoms with Crippen molar-refractivity contribution in [2.45, 2.75) is 33.4 Å². The van der Waals surface area contributed by atoms with Crippen LogP contribution in [0.25, 0.3) is 0 Å². The Kier molecular flexibility index (Phi) is 4.66. The van der Waals surface area contributed by atoms with E-state index in [9.17, 15) is 0 Å². The van der Waals surface area contributed by atoms with Gasteiger partial charge in [0.1, 0.15) is 5.82 Å². The normalized spacial score (nSPS) is 10.9. The molecule has 0 fully saturated rings. The summed E-state index contributed by atoms with van der Waals surface area (Å²) in [6.45, 7) is 5.48. The molecule has 102 valence electrons. The van der Waals surface area contributed by atoms with Crippen LogP contribution in [0.2, 0.25) is 0 Å². The van der Waals surface area contributed by atoms with Gasteiger partial charge in [-0.3, -0.25) is 4.68 Å². The number of aryl methyl sites for hydroxylation is 3. The van der Waals surface area contributed by atoms with Gasteiger partial charge in [-0.25, -0.2) is 9.97 Å². The molecule has 0 aromatic carbocycles. The lowest BCUT2D eigenvalue weighted by atomic mass is 10.3. The Morgan fingerprint density at radius 2 is 2.16 bits per heavy atom. The highest BCUT2D eigenvalue weighted by atomic mass is 79.9. The molecule has 0 saturated carbocycles. The molecular formula is C13H18BrN5. The van der Waals surface area contributed by atoms with Crippen LogP contribution in [0.1, 0.15) is 29.8 Å². The van der Waals surface area contributed by atoms with Crippen molar-refractivity contribution < 1.29 is 0 Å². The van der Waals surface area contributed by atoms with Crippen molar-refractivity contribution in [3.05, 3.63) is 39.6 Å². The SMILES string of the molecule is CCc1nn(C)c(CNCc2ccnc(C)n2)c1Br. The molecule has 0 atom stereocenters. The zero-order valence-corrected chi connectivity index (χ0v) is 13.0. The molecule has 19 heavy (non-hydrogen) atoms. The van der Waals surface area contributed by atoms with E-state index in [0.717, 1.165) is 46.9 Å². The minimum atomic E-state index is 0.725. The first-order chi connectivity index (χ1) is 9.11. The van der Waals surface area contributed by atoms with E-state index in [-0.39, 0.29) is 0 Å². The molecular weight excluding hydrogens is 306 g/mol. The monoisotopic (exact) mass is 323 g/mol. The minimum Gasteiger partial charge on any atom is -0.305 e. The summed E-state index contributed by atoms with van der Waals surface area (Å²) in [4.78, 5) is 8.45. The Balaban J connectivity index is 1.98. The molecule has 1 N–H and O–H groups in total. The third-order valence-corrected chi connectivity index (χ3v) is 3.85. The fourth-order valence-electron chi connectivity index (χ4n) is 1.92. The number of nitrogens with zero attached hydrogens (tertiary/aromatic N) is 4. The minimum absolute atomic E-state index is 0.725. The summed E-state index contributed by atoms with van der Waals surface area (Å²) in [5.41, 5.74) is 3.25. The second kappa shape index (κ2) is 6.25. The van der Waals surface area contributed by atoms with E-state index >= 15 is 0 Å². The van der Waals surface area contributed by atoms with Crippen molar-refractivity contribution in [1.82, 2.24) is 25.1 Å². The number of halogens is 1. The number of rotatable bonds is 5. The second-order valence-electron chi connectivity index (χ2n) is 4.38. The Morgan fingerprint density at radius 1 is 1.37 bits per heavy atom. The average molecular weight is 324 g/mol. The largest absolute Gasteiger partial charge is 0.305 e. The molecule has 2 aromatic rings. The van der Waals surface area contributed by atoms with Gasteiger partial charge in [0.15, 0.2) is 0 Å². The van der Waals surface area contributed by atoms with Gasteiger partial charge >= 0.3 is 0 Å². The fourth-order valence-corrected chi connectivity index (χ4v) is 2.68. The van der Waals surface area contributed by atoms with Crippen molar-refractivity contribution in [3.63, 3.8) is 0 Å². The molecule has 0 spiro atoms. The molecule has 5 nitrogen and oxygen atoms in total. The molecule has 6 heteroatoms. The van der Waals surface area contributed by atoms with Gasteiger partial charge in [-0.1, -0.05) is 6.92 Å². The molecule has 0 bridgehead atoms. The number of hydrogen-bond donors (Lipinski definition) is 1. The summed E-state index contributed by atoms with van der Waals surface area (Å²) in [5.74, 6) is 0.800. The topological polar surface area (TPSA) is 55.6 Å². The molecule has 0 radical (unpaired) electrons. The van der Waals surface area contributed by atoms with E-state index in [0.29, 0.717) is 0 Å². The van der Waals surface area contributed by atoms with Crippen molar-refractivity contribution >= 4 is 15.9 Å². The molecule has 2 rings (SSSR count). The van der Waals surface area contributed by atoms with E-state index in [1.165, 1.54) is 0 Å². The maximum atomic E-state index is 4.47. The summed E-state index contributed by atoms with van der Waals surface area (Å²) >= 11 is 3.61. The molecule has 0 saturated heterocycles. The molecule has 0 aliphatic carbocycles. The van der Waals surface area contributed by atoms with Gasteiger partial charge in [-0.2, -0.15) is 5.10 Å². The van der Waals surface area contributed by atoms with Crippen LogP contribution in [0.3, 0.4) is 0 Å². The van der Waals surface area contributed by atoms with Gasteiger partial charge in [-0.15, -0.1) is 0 Å². The van der Waals surface area contributed by atoms with E-state index in [2.05, 4.69) is 43.2 Å².